The maximum atomic E-state index is 9.19. The van der Waals surface area contributed by atoms with Gasteiger partial charge >= 0.3 is 0 Å². The number of rotatable bonds is 0. The molecule has 0 aromatic heterocycles. The van der Waals surface area contributed by atoms with Crippen LogP contribution in [0.15, 0.2) is 10.5 Å². The highest BCUT2D eigenvalue weighted by Crippen LogP contribution is 2.37. The van der Waals surface area contributed by atoms with Gasteiger partial charge in [0.25, 0.3) is 0 Å². The van der Waals surface area contributed by atoms with E-state index in [2.05, 4.69) is 15.9 Å². The highest BCUT2D eigenvalue weighted by atomic mass is 79.9. The molecule has 1 rings (SSSR count). The van der Waals surface area contributed by atoms with E-state index in [9.17, 15) is 5.11 Å². The molecule has 0 heterocycles. The molecule has 3 nitrogen and oxygen atoms in total. The second-order valence-corrected chi connectivity index (χ2v) is 3.15. The van der Waals surface area contributed by atoms with Crippen molar-refractivity contribution >= 4 is 15.9 Å². The number of hydrogen-bond donors (Lipinski definition) is 2. The number of halogens is 1. The molecule has 0 spiro atoms. The monoisotopic (exact) mass is 227 g/mol. The number of nitrogens with zero attached hydrogens (tertiary/aromatic N) is 1. The van der Waals surface area contributed by atoms with Crippen LogP contribution < -0.4 is 0 Å². The van der Waals surface area contributed by atoms with E-state index in [0.29, 0.717) is 11.1 Å². The van der Waals surface area contributed by atoms with Crippen molar-refractivity contribution < 1.29 is 10.2 Å². The van der Waals surface area contributed by atoms with Gasteiger partial charge in [0.1, 0.15) is 6.07 Å². The van der Waals surface area contributed by atoms with Crippen molar-refractivity contribution in [1.82, 2.24) is 0 Å². The standard InChI is InChI=1S/C8H6BrNO2/c1-4-2-6(11)8(12)7(9)5(4)3-10/h2,11-12H,1H3. The smallest absolute Gasteiger partial charge is 0.173 e. The fourth-order valence-corrected chi connectivity index (χ4v) is 1.49. The Morgan fingerprint density at radius 2 is 2.08 bits per heavy atom. The average molecular weight is 228 g/mol. The third-order valence-electron chi connectivity index (χ3n) is 1.53. The fourth-order valence-electron chi connectivity index (χ4n) is 0.887. The number of aromatic hydroxyl groups is 2. The summed E-state index contributed by atoms with van der Waals surface area (Å²) in [7, 11) is 0. The lowest BCUT2D eigenvalue weighted by Crippen LogP contribution is -1.85. The predicted molar refractivity (Wildman–Crippen MR) is 46.9 cm³/mol. The van der Waals surface area contributed by atoms with Crippen LogP contribution in [-0.2, 0) is 0 Å². The molecule has 0 aliphatic rings. The highest BCUT2D eigenvalue weighted by Gasteiger charge is 2.12. The Morgan fingerprint density at radius 3 is 2.58 bits per heavy atom. The first-order valence-electron chi connectivity index (χ1n) is 3.19. The first-order chi connectivity index (χ1) is 5.57. The Hall–Kier alpha value is -1.21. The van der Waals surface area contributed by atoms with Gasteiger partial charge in [-0.25, -0.2) is 0 Å². The molecule has 0 bridgehead atoms. The summed E-state index contributed by atoms with van der Waals surface area (Å²) in [6.07, 6.45) is 0. The van der Waals surface area contributed by atoms with E-state index in [1.54, 1.807) is 6.92 Å². The lowest BCUT2D eigenvalue weighted by Gasteiger charge is -2.04. The molecule has 0 radical (unpaired) electrons. The zero-order chi connectivity index (χ0) is 9.30. The minimum Gasteiger partial charge on any atom is -0.504 e. The van der Waals surface area contributed by atoms with Crippen LogP contribution in [0.2, 0.25) is 0 Å². The van der Waals surface area contributed by atoms with E-state index >= 15 is 0 Å². The summed E-state index contributed by atoms with van der Waals surface area (Å²) in [5.41, 5.74) is 0.963. The summed E-state index contributed by atoms with van der Waals surface area (Å²) in [5, 5.41) is 26.9. The minimum absolute atomic E-state index is 0.224. The molecule has 62 valence electrons. The zero-order valence-electron chi connectivity index (χ0n) is 6.30. The molecule has 2 N–H and O–H groups in total. The molecule has 1 aromatic rings. The van der Waals surface area contributed by atoms with Crippen molar-refractivity contribution in [2.45, 2.75) is 6.92 Å². The molecule has 0 amide bonds. The van der Waals surface area contributed by atoms with Crippen LogP contribution in [0.4, 0.5) is 0 Å². The van der Waals surface area contributed by atoms with Gasteiger partial charge < -0.3 is 10.2 Å². The lowest BCUT2D eigenvalue weighted by molar-refractivity contribution is 0.401. The van der Waals surface area contributed by atoms with Gasteiger partial charge in [-0.1, -0.05) is 0 Å². The normalized spacial score (nSPS) is 9.42. The van der Waals surface area contributed by atoms with Gasteiger partial charge in [-0.2, -0.15) is 5.26 Å². The number of phenols is 2. The first kappa shape index (κ1) is 8.88. The minimum atomic E-state index is -0.294. The second kappa shape index (κ2) is 3.03. The summed E-state index contributed by atoms with van der Waals surface area (Å²) in [6.45, 7) is 1.68. The Kier molecular flexibility index (Phi) is 2.25. The van der Waals surface area contributed by atoms with E-state index in [1.165, 1.54) is 6.07 Å². The van der Waals surface area contributed by atoms with Gasteiger partial charge in [-0.05, 0) is 34.5 Å². The lowest BCUT2D eigenvalue weighted by atomic mass is 10.1. The number of hydrogen-bond acceptors (Lipinski definition) is 3. The second-order valence-electron chi connectivity index (χ2n) is 2.36. The average Bonchev–Trinajstić information content (AvgIpc) is 2.01. The van der Waals surface area contributed by atoms with Crippen LogP contribution in [0.3, 0.4) is 0 Å². The summed E-state index contributed by atoms with van der Waals surface area (Å²) in [5.74, 6) is -0.518. The van der Waals surface area contributed by atoms with E-state index in [-0.39, 0.29) is 16.0 Å². The van der Waals surface area contributed by atoms with Crippen molar-refractivity contribution in [3.63, 3.8) is 0 Å². The number of nitriles is 1. The van der Waals surface area contributed by atoms with Gasteiger partial charge in [-0.3, -0.25) is 0 Å². The van der Waals surface area contributed by atoms with Crippen LogP contribution in [-0.4, -0.2) is 10.2 Å². The predicted octanol–water partition coefficient (Wildman–Crippen LogP) is 2.04. The third kappa shape index (κ3) is 1.23. The van der Waals surface area contributed by atoms with Gasteiger partial charge in [0.2, 0.25) is 0 Å². The number of phenolic OH excluding ortho intramolecular Hbond substituents is 2. The summed E-state index contributed by atoms with van der Waals surface area (Å²) < 4.78 is 0.238. The Labute approximate surface area is 78.0 Å². The van der Waals surface area contributed by atoms with Crippen LogP contribution in [0.25, 0.3) is 0 Å². The molecule has 4 heteroatoms. The molecule has 0 saturated heterocycles. The fraction of sp³-hybridized carbons (Fsp3) is 0.125. The van der Waals surface area contributed by atoms with Crippen LogP contribution in [0, 0.1) is 18.3 Å². The molecular weight excluding hydrogens is 222 g/mol. The van der Waals surface area contributed by atoms with Crippen LogP contribution >= 0.6 is 15.9 Å². The Morgan fingerprint density at radius 1 is 1.50 bits per heavy atom. The Bertz CT molecular complexity index is 368. The number of aryl methyl sites for hydroxylation is 1. The molecule has 0 fully saturated rings. The summed E-state index contributed by atoms with van der Waals surface area (Å²) >= 11 is 3.01. The Balaban J connectivity index is 3.54. The van der Waals surface area contributed by atoms with Gasteiger partial charge in [0.15, 0.2) is 11.5 Å². The summed E-state index contributed by atoms with van der Waals surface area (Å²) in [4.78, 5) is 0. The van der Waals surface area contributed by atoms with Crippen LogP contribution in [0.5, 0.6) is 11.5 Å². The SMILES string of the molecule is Cc1cc(O)c(O)c(Br)c1C#N. The van der Waals surface area contributed by atoms with Crippen molar-refractivity contribution in [2.75, 3.05) is 0 Å². The van der Waals surface area contributed by atoms with Gasteiger partial charge in [0, 0.05) is 0 Å². The molecular formula is C8H6BrNO2. The maximum Gasteiger partial charge on any atom is 0.173 e. The van der Waals surface area contributed by atoms with Crippen molar-refractivity contribution in [1.29, 1.82) is 5.26 Å². The molecule has 1 aromatic carbocycles. The molecule has 0 aliphatic carbocycles. The largest absolute Gasteiger partial charge is 0.504 e. The van der Waals surface area contributed by atoms with E-state index < -0.39 is 0 Å². The molecule has 0 aliphatic heterocycles. The summed E-state index contributed by atoms with van der Waals surface area (Å²) in [6, 6.07) is 3.26. The molecule has 12 heavy (non-hydrogen) atoms. The van der Waals surface area contributed by atoms with Crippen LogP contribution in [0.1, 0.15) is 11.1 Å². The van der Waals surface area contributed by atoms with E-state index in [0.717, 1.165) is 0 Å². The van der Waals surface area contributed by atoms with Crippen molar-refractivity contribution in [3.8, 4) is 17.6 Å². The quantitative estimate of drug-likeness (QED) is 0.667. The van der Waals surface area contributed by atoms with Crippen molar-refractivity contribution in [3.05, 3.63) is 21.7 Å². The molecule has 0 unspecified atom stereocenters. The third-order valence-corrected chi connectivity index (χ3v) is 2.30. The van der Waals surface area contributed by atoms with E-state index in [1.807, 2.05) is 6.07 Å². The zero-order valence-corrected chi connectivity index (χ0v) is 7.88. The van der Waals surface area contributed by atoms with Gasteiger partial charge in [-0.15, -0.1) is 0 Å². The molecule has 0 saturated carbocycles. The van der Waals surface area contributed by atoms with Crippen molar-refractivity contribution in [2.24, 2.45) is 0 Å². The first-order valence-corrected chi connectivity index (χ1v) is 3.98. The maximum absolute atomic E-state index is 9.19. The topological polar surface area (TPSA) is 64.2 Å². The highest BCUT2D eigenvalue weighted by molar-refractivity contribution is 9.10. The van der Waals surface area contributed by atoms with E-state index in [4.69, 9.17) is 10.4 Å². The van der Waals surface area contributed by atoms with Gasteiger partial charge in [0.05, 0.1) is 10.0 Å². The number of benzene rings is 1. The molecule has 0 atom stereocenters.